The van der Waals surface area contributed by atoms with Crippen molar-refractivity contribution >= 4 is 22.8 Å². The number of likely N-dealkylation sites (N-methyl/N-ethyl adjacent to an activating group) is 1. The standard InChI is InChI=1S/C16H25ClN4/c1-5-20(6-2)11-13(4)21-14(7-9-17)19-15-12(3)8-10-18-16(15)21/h8,10,13H,5-7,9,11H2,1-4H3. The molecule has 0 aliphatic carbocycles. The molecule has 1 unspecified atom stereocenters. The molecule has 2 aromatic rings. The van der Waals surface area contributed by atoms with Crippen molar-refractivity contribution in [1.82, 2.24) is 19.4 Å². The largest absolute Gasteiger partial charge is 0.309 e. The summed E-state index contributed by atoms with van der Waals surface area (Å²) in [5, 5.41) is 0. The van der Waals surface area contributed by atoms with Crippen molar-refractivity contribution in [3.63, 3.8) is 0 Å². The number of aromatic nitrogens is 3. The van der Waals surface area contributed by atoms with Crippen molar-refractivity contribution in [1.29, 1.82) is 0 Å². The SMILES string of the molecule is CCN(CC)CC(C)n1c(CCCl)nc2c(C)ccnc21. The van der Waals surface area contributed by atoms with E-state index in [1.165, 1.54) is 5.56 Å². The van der Waals surface area contributed by atoms with Crippen LogP contribution in [0.2, 0.25) is 0 Å². The third kappa shape index (κ3) is 3.38. The summed E-state index contributed by atoms with van der Waals surface area (Å²) in [6.07, 6.45) is 2.64. The molecule has 116 valence electrons. The number of halogens is 1. The Kier molecular flexibility index (Phi) is 5.59. The number of alkyl halides is 1. The molecule has 0 N–H and O–H groups in total. The lowest BCUT2D eigenvalue weighted by Crippen LogP contribution is -2.30. The number of imidazole rings is 1. The van der Waals surface area contributed by atoms with Gasteiger partial charge >= 0.3 is 0 Å². The van der Waals surface area contributed by atoms with Crippen LogP contribution in [0.3, 0.4) is 0 Å². The number of pyridine rings is 1. The predicted octanol–water partition coefficient (Wildman–Crippen LogP) is 3.42. The lowest BCUT2D eigenvalue weighted by atomic mass is 10.2. The van der Waals surface area contributed by atoms with E-state index in [1.54, 1.807) is 0 Å². The Morgan fingerprint density at radius 3 is 2.67 bits per heavy atom. The number of hydrogen-bond donors (Lipinski definition) is 0. The van der Waals surface area contributed by atoms with Gasteiger partial charge in [-0.2, -0.15) is 0 Å². The second kappa shape index (κ2) is 7.23. The number of aryl methyl sites for hydroxylation is 2. The lowest BCUT2D eigenvalue weighted by molar-refractivity contribution is 0.261. The lowest BCUT2D eigenvalue weighted by Gasteiger charge is -2.25. The van der Waals surface area contributed by atoms with Crippen molar-refractivity contribution in [3.05, 3.63) is 23.7 Å². The molecule has 0 spiro atoms. The summed E-state index contributed by atoms with van der Waals surface area (Å²) in [5.41, 5.74) is 3.16. The highest BCUT2D eigenvalue weighted by molar-refractivity contribution is 6.17. The van der Waals surface area contributed by atoms with Gasteiger partial charge in [0, 0.05) is 31.1 Å². The van der Waals surface area contributed by atoms with E-state index >= 15 is 0 Å². The first-order valence-electron chi connectivity index (χ1n) is 7.73. The fourth-order valence-electron chi connectivity index (χ4n) is 2.82. The highest BCUT2D eigenvalue weighted by atomic mass is 35.5. The van der Waals surface area contributed by atoms with Crippen LogP contribution in [0.4, 0.5) is 0 Å². The summed E-state index contributed by atoms with van der Waals surface area (Å²) < 4.78 is 2.27. The molecule has 0 fully saturated rings. The molecule has 21 heavy (non-hydrogen) atoms. The molecule has 0 bridgehead atoms. The third-order valence-corrected chi connectivity index (χ3v) is 4.22. The molecule has 0 radical (unpaired) electrons. The Hall–Kier alpha value is -1.13. The summed E-state index contributed by atoms with van der Waals surface area (Å²) in [5.74, 6) is 1.63. The average molecular weight is 309 g/mol. The van der Waals surface area contributed by atoms with Gasteiger partial charge in [0.25, 0.3) is 0 Å². The van der Waals surface area contributed by atoms with E-state index in [1.807, 2.05) is 12.3 Å². The fourth-order valence-corrected chi connectivity index (χ4v) is 2.99. The maximum absolute atomic E-state index is 5.96. The number of rotatable bonds is 7. The minimum absolute atomic E-state index is 0.336. The quantitative estimate of drug-likeness (QED) is 0.735. The van der Waals surface area contributed by atoms with E-state index in [9.17, 15) is 0 Å². The monoisotopic (exact) mass is 308 g/mol. The predicted molar refractivity (Wildman–Crippen MR) is 89.2 cm³/mol. The number of nitrogens with zero attached hydrogens (tertiary/aromatic N) is 4. The van der Waals surface area contributed by atoms with Gasteiger partial charge in [0.2, 0.25) is 0 Å². The molecule has 0 saturated carbocycles. The number of hydrogen-bond acceptors (Lipinski definition) is 3. The van der Waals surface area contributed by atoms with E-state index < -0.39 is 0 Å². The highest BCUT2D eigenvalue weighted by Gasteiger charge is 2.19. The molecule has 2 heterocycles. The maximum atomic E-state index is 5.96. The molecular formula is C16H25ClN4. The third-order valence-electron chi connectivity index (χ3n) is 4.03. The van der Waals surface area contributed by atoms with Gasteiger partial charge in [0.1, 0.15) is 11.3 Å². The van der Waals surface area contributed by atoms with Crippen LogP contribution in [0.1, 0.15) is 38.2 Å². The molecule has 2 aromatic heterocycles. The van der Waals surface area contributed by atoms with Crippen LogP contribution in [-0.4, -0.2) is 44.9 Å². The van der Waals surface area contributed by atoms with Crippen LogP contribution in [0.25, 0.3) is 11.2 Å². The Bertz CT molecular complexity index is 589. The van der Waals surface area contributed by atoms with E-state index in [0.29, 0.717) is 11.9 Å². The zero-order valence-corrected chi connectivity index (χ0v) is 14.2. The Morgan fingerprint density at radius 1 is 1.33 bits per heavy atom. The molecular weight excluding hydrogens is 284 g/mol. The summed E-state index contributed by atoms with van der Waals surface area (Å²) in [6, 6.07) is 2.35. The van der Waals surface area contributed by atoms with Crippen LogP contribution in [0.15, 0.2) is 12.3 Å². The van der Waals surface area contributed by atoms with Gasteiger partial charge in [-0.1, -0.05) is 13.8 Å². The molecule has 0 aliphatic rings. The van der Waals surface area contributed by atoms with E-state index in [4.69, 9.17) is 16.6 Å². The minimum Gasteiger partial charge on any atom is -0.309 e. The molecule has 0 aromatic carbocycles. The summed E-state index contributed by atoms with van der Waals surface area (Å²) >= 11 is 5.96. The van der Waals surface area contributed by atoms with Gasteiger partial charge in [0.15, 0.2) is 5.65 Å². The van der Waals surface area contributed by atoms with Crippen LogP contribution in [0.5, 0.6) is 0 Å². The van der Waals surface area contributed by atoms with Gasteiger partial charge in [-0.3, -0.25) is 0 Å². The van der Waals surface area contributed by atoms with Crippen LogP contribution in [-0.2, 0) is 6.42 Å². The Balaban J connectivity index is 2.44. The van der Waals surface area contributed by atoms with Gasteiger partial charge < -0.3 is 9.47 Å². The van der Waals surface area contributed by atoms with Crippen molar-refractivity contribution in [2.45, 2.75) is 40.2 Å². The zero-order chi connectivity index (χ0) is 15.4. The molecule has 0 saturated heterocycles. The van der Waals surface area contributed by atoms with Crippen LogP contribution >= 0.6 is 11.6 Å². The highest BCUT2D eigenvalue weighted by Crippen LogP contribution is 2.23. The van der Waals surface area contributed by atoms with Crippen molar-refractivity contribution in [2.24, 2.45) is 0 Å². The molecule has 5 heteroatoms. The second-order valence-corrected chi connectivity index (χ2v) is 5.85. The van der Waals surface area contributed by atoms with Gasteiger partial charge in [-0.15, -0.1) is 11.6 Å². The molecule has 2 rings (SSSR count). The summed E-state index contributed by atoms with van der Waals surface area (Å²) in [6.45, 7) is 11.8. The van der Waals surface area contributed by atoms with E-state index in [0.717, 1.165) is 43.0 Å². The van der Waals surface area contributed by atoms with Crippen molar-refractivity contribution < 1.29 is 0 Å². The number of fused-ring (bicyclic) bond motifs is 1. The van der Waals surface area contributed by atoms with Crippen LogP contribution in [0, 0.1) is 6.92 Å². The van der Waals surface area contributed by atoms with Crippen LogP contribution < -0.4 is 0 Å². The first-order chi connectivity index (χ1) is 10.1. The zero-order valence-electron chi connectivity index (χ0n) is 13.4. The second-order valence-electron chi connectivity index (χ2n) is 5.47. The topological polar surface area (TPSA) is 34.0 Å². The fraction of sp³-hybridized carbons (Fsp3) is 0.625. The Labute approximate surface area is 132 Å². The normalized spacial score (nSPS) is 13.2. The molecule has 0 aliphatic heterocycles. The molecule has 4 nitrogen and oxygen atoms in total. The first-order valence-corrected chi connectivity index (χ1v) is 8.26. The molecule has 1 atom stereocenters. The van der Waals surface area contributed by atoms with E-state index in [-0.39, 0.29) is 0 Å². The minimum atomic E-state index is 0.336. The average Bonchev–Trinajstić information content (AvgIpc) is 2.84. The Morgan fingerprint density at radius 2 is 2.05 bits per heavy atom. The summed E-state index contributed by atoms with van der Waals surface area (Å²) in [7, 11) is 0. The summed E-state index contributed by atoms with van der Waals surface area (Å²) in [4.78, 5) is 11.8. The maximum Gasteiger partial charge on any atom is 0.160 e. The molecule has 0 amide bonds. The first kappa shape index (κ1) is 16.2. The van der Waals surface area contributed by atoms with Gasteiger partial charge in [0.05, 0.1) is 0 Å². The van der Waals surface area contributed by atoms with Crippen molar-refractivity contribution in [2.75, 3.05) is 25.5 Å². The van der Waals surface area contributed by atoms with Gasteiger partial charge in [-0.25, -0.2) is 9.97 Å². The smallest absolute Gasteiger partial charge is 0.160 e. The van der Waals surface area contributed by atoms with Crippen molar-refractivity contribution in [3.8, 4) is 0 Å². The van der Waals surface area contributed by atoms with Gasteiger partial charge in [-0.05, 0) is 38.6 Å². The van der Waals surface area contributed by atoms with E-state index in [2.05, 4.69) is 42.1 Å².